The van der Waals surface area contributed by atoms with Crippen LogP contribution in [-0.4, -0.2) is 52.9 Å². The van der Waals surface area contributed by atoms with Gasteiger partial charge in [-0.3, -0.25) is 9.78 Å². The number of rotatable bonds is 6. The molecule has 1 aliphatic heterocycles. The van der Waals surface area contributed by atoms with Crippen molar-refractivity contribution in [3.05, 3.63) is 46.9 Å². The van der Waals surface area contributed by atoms with Crippen molar-refractivity contribution < 1.29 is 9.53 Å². The predicted octanol–water partition coefficient (Wildman–Crippen LogP) is 2.86. The van der Waals surface area contributed by atoms with Crippen molar-refractivity contribution in [1.29, 1.82) is 0 Å². The number of nitrogens with zero attached hydrogens (tertiary/aromatic N) is 4. The molecule has 2 aromatic rings. The highest BCUT2D eigenvalue weighted by Crippen LogP contribution is 2.30. The van der Waals surface area contributed by atoms with Gasteiger partial charge < -0.3 is 15.0 Å². The molecule has 0 aromatic carbocycles. The van der Waals surface area contributed by atoms with Crippen LogP contribution in [0.2, 0.25) is 0 Å². The van der Waals surface area contributed by atoms with E-state index >= 15 is 0 Å². The van der Waals surface area contributed by atoms with E-state index in [1.165, 1.54) is 18.4 Å². The van der Waals surface area contributed by atoms with Crippen LogP contribution in [0, 0.1) is 12.8 Å². The van der Waals surface area contributed by atoms with E-state index in [-0.39, 0.29) is 11.9 Å². The Balaban J connectivity index is 1.16. The molecular weight excluding hydrogens is 390 g/mol. The lowest BCUT2D eigenvalue weighted by atomic mass is 9.92. The molecule has 3 heterocycles. The first-order valence-corrected chi connectivity index (χ1v) is 11.6. The molecule has 7 heteroatoms. The number of amides is 1. The number of aryl methyl sites for hydroxylation is 2. The normalized spacial score (nSPS) is 21.6. The van der Waals surface area contributed by atoms with Gasteiger partial charge in [0.1, 0.15) is 0 Å². The van der Waals surface area contributed by atoms with E-state index in [1.807, 2.05) is 25.3 Å². The van der Waals surface area contributed by atoms with Gasteiger partial charge in [-0.05, 0) is 81.0 Å². The van der Waals surface area contributed by atoms with E-state index in [9.17, 15) is 4.79 Å². The summed E-state index contributed by atoms with van der Waals surface area (Å²) < 4.78 is 6.05. The molecule has 31 heavy (non-hydrogen) atoms. The van der Waals surface area contributed by atoms with Crippen molar-refractivity contribution >= 4 is 11.7 Å². The fourth-order valence-corrected chi connectivity index (χ4v) is 4.64. The van der Waals surface area contributed by atoms with Gasteiger partial charge in [0.05, 0.1) is 6.10 Å². The Bertz CT molecular complexity index is 937. The fraction of sp³-hybridized carbons (Fsp3) is 0.583. The lowest BCUT2D eigenvalue weighted by Gasteiger charge is -2.33. The Kier molecular flexibility index (Phi) is 5.85. The maximum absolute atomic E-state index is 12.8. The number of aromatic nitrogens is 3. The van der Waals surface area contributed by atoms with E-state index in [1.54, 1.807) is 0 Å². The number of anilines is 1. The van der Waals surface area contributed by atoms with Gasteiger partial charge in [0.25, 0.3) is 5.91 Å². The molecule has 1 saturated heterocycles. The second-order valence-corrected chi connectivity index (χ2v) is 9.22. The van der Waals surface area contributed by atoms with Crippen LogP contribution in [0.4, 0.5) is 5.82 Å². The molecule has 1 unspecified atom stereocenters. The van der Waals surface area contributed by atoms with Gasteiger partial charge in [0, 0.05) is 37.6 Å². The van der Waals surface area contributed by atoms with Crippen LogP contribution in [0.5, 0.6) is 0 Å². The Morgan fingerprint density at radius 2 is 2.03 bits per heavy atom. The van der Waals surface area contributed by atoms with Gasteiger partial charge in [-0.2, -0.15) is 0 Å². The maximum atomic E-state index is 12.8. The summed E-state index contributed by atoms with van der Waals surface area (Å²) in [4.78, 5) is 19.5. The van der Waals surface area contributed by atoms with E-state index < -0.39 is 0 Å². The lowest BCUT2D eigenvalue weighted by Crippen LogP contribution is -2.40. The van der Waals surface area contributed by atoms with Crippen molar-refractivity contribution in [1.82, 2.24) is 20.5 Å². The molecule has 3 aliphatic rings. The minimum absolute atomic E-state index is 0.112. The average Bonchev–Trinajstić information content (AvgIpc) is 3.62. The number of hydrogen-bond acceptors (Lipinski definition) is 6. The number of carbonyl (C=O) groups is 1. The van der Waals surface area contributed by atoms with Gasteiger partial charge >= 0.3 is 0 Å². The van der Waals surface area contributed by atoms with Crippen LogP contribution >= 0.6 is 0 Å². The summed E-state index contributed by atoms with van der Waals surface area (Å²) in [6.45, 7) is 4.78. The average molecular weight is 422 g/mol. The second kappa shape index (κ2) is 8.91. The third-order valence-electron chi connectivity index (χ3n) is 6.71. The first-order valence-electron chi connectivity index (χ1n) is 11.6. The molecule has 0 radical (unpaired) electrons. The first kappa shape index (κ1) is 20.4. The summed E-state index contributed by atoms with van der Waals surface area (Å²) >= 11 is 0. The van der Waals surface area contributed by atoms with Crippen LogP contribution in [-0.2, 0) is 17.6 Å². The van der Waals surface area contributed by atoms with Crippen molar-refractivity contribution in [3.8, 4) is 0 Å². The number of fused-ring (bicyclic) bond motifs is 1. The summed E-state index contributed by atoms with van der Waals surface area (Å²) in [5.41, 5.74) is 3.76. The second-order valence-electron chi connectivity index (χ2n) is 9.22. The molecule has 7 nitrogen and oxygen atoms in total. The number of pyridine rings is 1. The number of carbonyl (C=O) groups excluding carboxylic acids is 1. The molecule has 2 aliphatic carbocycles. The highest BCUT2D eigenvalue weighted by atomic mass is 16.5. The van der Waals surface area contributed by atoms with Crippen LogP contribution in [0.15, 0.2) is 24.4 Å². The summed E-state index contributed by atoms with van der Waals surface area (Å²) in [5.74, 6) is 1.55. The summed E-state index contributed by atoms with van der Waals surface area (Å²) in [7, 11) is 0. The van der Waals surface area contributed by atoms with Crippen molar-refractivity contribution in [2.24, 2.45) is 5.92 Å². The molecule has 2 fully saturated rings. The number of ether oxygens (including phenoxy) is 1. The van der Waals surface area contributed by atoms with E-state index in [4.69, 9.17) is 4.74 Å². The number of nitrogens with one attached hydrogen (secondary N) is 1. The highest BCUT2D eigenvalue weighted by molar-refractivity contribution is 5.92. The van der Waals surface area contributed by atoms with Gasteiger partial charge in [0.15, 0.2) is 11.5 Å². The topological polar surface area (TPSA) is 80.2 Å². The van der Waals surface area contributed by atoms with Gasteiger partial charge in [-0.25, -0.2) is 0 Å². The summed E-state index contributed by atoms with van der Waals surface area (Å²) in [5, 5.41) is 11.8. The van der Waals surface area contributed by atoms with Gasteiger partial charge in [-0.1, -0.05) is 6.07 Å². The molecule has 2 aromatic heterocycles. The third kappa shape index (κ3) is 4.87. The minimum Gasteiger partial charge on any atom is -0.378 e. The molecule has 1 amide bonds. The zero-order chi connectivity index (χ0) is 21.2. The van der Waals surface area contributed by atoms with Crippen molar-refractivity contribution in [2.75, 3.05) is 24.6 Å². The first-order chi connectivity index (χ1) is 15.2. The van der Waals surface area contributed by atoms with Crippen LogP contribution < -0.4 is 10.2 Å². The van der Waals surface area contributed by atoms with E-state index in [2.05, 4.69) is 31.5 Å². The molecule has 1 atom stereocenters. The molecular formula is C24H31N5O2. The SMILES string of the molecule is Cc1cc(C(=O)NC2CCc3ncccc3C2)nnc1N1CCC(OCC2CC2)CC1. The smallest absolute Gasteiger partial charge is 0.272 e. The van der Waals surface area contributed by atoms with Crippen LogP contribution in [0.1, 0.15) is 59.4 Å². The molecule has 5 rings (SSSR count). The monoisotopic (exact) mass is 421 g/mol. The largest absolute Gasteiger partial charge is 0.378 e. The summed E-state index contributed by atoms with van der Waals surface area (Å²) in [6.07, 6.45) is 9.52. The van der Waals surface area contributed by atoms with Crippen molar-refractivity contribution in [2.45, 2.75) is 64.0 Å². The quantitative estimate of drug-likeness (QED) is 0.773. The van der Waals surface area contributed by atoms with Crippen LogP contribution in [0.3, 0.4) is 0 Å². The Morgan fingerprint density at radius 1 is 1.19 bits per heavy atom. The zero-order valence-electron chi connectivity index (χ0n) is 18.2. The highest BCUT2D eigenvalue weighted by Gasteiger charge is 2.27. The standard InChI is InChI=1S/C24H31N5O2/c1-16-13-22(24(30)26-19-6-7-21-18(14-19)3-2-10-25-21)27-28-23(16)29-11-8-20(9-12-29)31-15-17-4-5-17/h2-3,10,13,17,19-20H,4-9,11-12,14-15H2,1H3,(H,26,30). The fourth-order valence-electron chi connectivity index (χ4n) is 4.64. The minimum atomic E-state index is -0.147. The maximum Gasteiger partial charge on any atom is 0.272 e. The zero-order valence-corrected chi connectivity index (χ0v) is 18.2. The van der Waals surface area contributed by atoms with Gasteiger partial charge in [0.2, 0.25) is 0 Å². The molecule has 1 N–H and O–H groups in total. The number of hydrogen-bond donors (Lipinski definition) is 1. The third-order valence-corrected chi connectivity index (χ3v) is 6.71. The molecule has 1 saturated carbocycles. The predicted molar refractivity (Wildman–Crippen MR) is 118 cm³/mol. The van der Waals surface area contributed by atoms with Gasteiger partial charge in [-0.15, -0.1) is 10.2 Å². The van der Waals surface area contributed by atoms with Crippen molar-refractivity contribution in [3.63, 3.8) is 0 Å². The summed E-state index contributed by atoms with van der Waals surface area (Å²) in [6, 6.07) is 6.03. The molecule has 0 bridgehead atoms. The Hall–Kier alpha value is -2.54. The molecule has 0 spiro atoms. The Labute approximate surface area is 183 Å². The van der Waals surface area contributed by atoms with Crippen LogP contribution in [0.25, 0.3) is 0 Å². The number of piperidine rings is 1. The Morgan fingerprint density at radius 3 is 2.81 bits per heavy atom. The van der Waals surface area contributed by atoms with E-state index in [0.717, 1.165) is 74.8 Å². The lowest BCUT2D eigenvalue weighted by molar-refractivity contribution is 0.0304. The molecule has 164 valence electrons. The van der Waals surface area contributed by atoms with E-state index in [0.29, 0.717) is 11.8 Å².